The first-order valence-electron chi connectivity index (χ1n) is 12.0. The highest BCUT2D eigenvalue weighted by Crippen LogP contribution is 2.40. The van der Waals surface area contributed by atoms with E-state index in [2.05, 4.69) is 10.2 Å². The van der Waals surface area contributed by atoms with Crippen molar-refractivity contribution in [2.75, 3.05) is 47.2 Å². The van der Waals surface area contributed by atoms with E-state index in [-0.39, 0.29) is 24.3 Å². The SMILES string of the molecule is CN1C(=C(C#N)C(=O)CCC(=O)Nc2cc(C(N)=O)ccc2N2CCCCC2)N(C)c2ccccc21. The minimum absolute atomic E-state index is 0.00808. The number of rotatable bonds is 7. The molecular weight excluding hydrogens is 456 g/mol. The van der Waals surface area contributed by atoms with E-state index in [0.29, 0.717) is 17.1 Å². The molecule has 2 aliphatic rings. The molecule has 1 fully saturated rings. The highest BCUT2D eigenvalue weighted by molar-refractivity contribution is 6.05. The molecule has 0 atom stereocenters. The van der Waals surface area contributed by atoms with E-state index in [1.807, 2.05) is 54.2 Å². The Balaban J connectivity index is 1.49. The third-order valence-corrected chi connectivity index (χ3v) is 6.69. The maximum Gasteiger partial charge on any atom is 0.248 e. The van der Waals surface area contributed by atoms with Crippen molar-refractivity contribution in [1.82, 2.24) is 0 Å². The molecule has 9 heteroatoms. The summed E-state index contributed by atoms with van der Waals surface area (Å²) in [5.41, 5.74) is 8.87. The summed E-state index contributed by atoms with van der Waals surface area (Å²) in [6.07, 6.45) is 3.05. The zero-order valence-corrected chi connectivity index (χ0v) is 20.6. The number of carbonyl (C=O) groups excluding carboxylic acids is 3. The number of piperidine rings is 1. The fourth-order valence-electron chi connectivity index (χ4n) is 4.82. The summed E-state index contributed by atoms with van der Waals surface area (Å²) in [5.74, 6) is -0.870. The molecule has 0 aliphatic carbocycles. The van der Waals surface area contributed by atoms with Gasteiger partial charge in [0.25, 0.3) is 0 Å². The Labute approximate surface area is 210 Å². The monoisotopic (exact) mass is 486 g/mol. The number of anilines is 4. The summed E-state index contributed by atoms with van der Waals surface area (Å²) < 4.78 is 0. The standard InChI is InChI=1S/C27H30N6O3/c1-31-22-8-4-5-9-23(22)32(2)27(31)19(17-28)24(34)12-13-25(35)30-20-16-18(26(29)36)10-11-21(20)33-14-6-3-7-15-33/h4-5,8-11,16H,3,6-7,12-15H2,1-2H3,(H2,29,36)(H,30,35). The van der Waals surface area contributed by atoms with Crippen LogP contribution in [0.15, 0.2) is 53.9 Å². The van der Waals surface area contributed by atoms with E-state index in [1.165, 1.54) is 0 Å². The van der Waals surface area contributed by atoms with Crippen LogP contribution in [0.5, 0.6) is 0 Å². The first-order chi connectivity index (χ1) is 17.3. The third kappa shape index (κ3) is 4.89. The summed E-state index contributed by atoms with van der Waals surface area (Å²) in [6.45, 7) is 1.72. The van der Waals surface area contributed by atoms with Gasteiger partial charge in [0.05, 0.1) is 22.7 Å². The van der Waals surface area contributed by atoms with Crippen molar-refractivity contribution >= 4 is 40.3 Å². The molecule has 2 aliphatic heterocycles. The first kappa shape index (κ1) is 24.8. The average Bonchev–Trinajstić information content (AvgIpc) is 3.14. The van der Waals surface area contributed by atoms with Gasteiger partial charge >= 0.3 is 0 Å². The number of nitriles is 1. The summed E-state index contributed by atoms with van der Waals surface area (Å²) in [4.78, 5) is 43.4. The molecule has 1 saturated heterocycles. The lowest BCUT2D eigenvalue weighted by molar-refractivity contribution is -0.120. The fraction of sp³-hybridized carbons (Fsp3) is 0.333. The molecule has 3 N–H and O–H groups in total. The molecule has 4 rings (SSSR count). The lowest BCUT2D eigenvalue weighted by Crippen LogP contribution is -2.30. The molecule has 0 unspecified atom stereocenters. The van der Waals surface area contributed by atoms with Crippen LogP contribution >= 0.6 is 0 Å². The summed E-state index contributed by atoms with van der Waals surface area (Å²) in [5, 5.41) is 12.7. The molecule has 0 spiro atoms. The van der Waals surface area contributed by atoms with Crippen LogP contribution in [0.4, 0.5) is 22.7 Å². The van der Waals surface area contributed by atoms with Gasteiger partial charge in [-0.25, -0.2) is 0 Å². The number of primary amides is 1. The van der Waals surface area contributed by atoms with Gasteiger partial charge in [-0.3, -0.25) is 14.4 Å². The van der Waals surface area contributed by atoms with Crippen molar-refractivity contribution in [3.8, 4) is 6.07 Å². The van der Waals surface area contributed by atoms with E-state index < -0.39 is 11.7 Å². The van der Waals surface area contributed by atoms with Gasteiger partial charge in [0, 0.05) is 45.6 Å². The quantitative estimate of drug-likeness (QED) is 0.454. The number of allylic oxidation sites excluding steroid dienone is 1. The van der Waals surface area contributed by atoms with Crippen molar-refractivity contribution < 1.29 is 14.4 Å². The van der Waals surface area contributed by atoms with Crippen LogP contribution in [0.25, 0.3) is 0 Å². The lowest BCUT2D eigenvalue weighted by Gasteiger charge is -2.30. The summed E-state index contributed by atoms with van der Waals surface area (Å²) in [6, 6.07) is 14.7. The maximum absolute atomic E-state index is 13.0. The van der Waals surface area contributed by atoms with Gasteiger partial charge in [-0.15, -0.1) is 0 Å². The molecule has 0 radical (unpaired) electrons. The number of fused-ring (bicyclic) bond motifs is 1. The van der Waals surface area contributed by atoms with Crippen molar-refractivity contribution in [2.24, 2.45) is 5.73 Å². The summed E-state index contributed by atoms with van der Waals surface area (Å²) >= 11 is 0. The Morgan fingerprint density at radius 1 is 0.944 bits per heavy atom. The van der Waals surface area contributed by atoms with Crippen LogP contribution in [0, 0.1) is 11.3 Å². The lowest BCUT2D eigenvalue weighted by atomic mass is 10.1. The van der Waals surface area contributed by atoms with Gasteiger partial charge in [-0.05, 0) is 49.6 Å². The third-order valence-electron chi connectivity index (χ3n) is 6.69. The number of hydrogen-bond acceptors (Lipinski definition) is 7. The first-order valence-corrected chi connectivity index (χ1v) is 12.0. The highest BCUT2D eigenvalue weighted by atomic mass is 16.2. The molecule has 0 aromatic heterocycles. The van der Waals surface area contributed by atoms with Crippen molar-refractivity contribution in [1.29, 1.82) is 5.26 Å². The van der Waals surface area contributed by atoms with E-state index in [4.69, 9.17) is 5.73 Å². The number of benzene rings is 2. The van der Waals surface area contributed by atoms with E-state index in [9.17, 15) is 19.6 Å². The Kier molecular flexibility index (Phi) is 7.25. The molecule has 9 nitrogen and oxygen atoms in total. The molecule has 0 bridgehead atoms. The van der Waals surface area contributed by atoms with Crippen molar-refractivity contribution in [3.63, 3.8) is 0 Å². The minimum atomic E-state index is -0.582. The van der Waals surface area contributed by atoms with Gasteiger partial charge in [-0.1, -0.05) is 12.1 Å². The second kappa shape index (κ2) is 10.5. The number of para-hydroxylation sites is 2. The van der Waals surface area contributed by atoms with Crippen LogP contribution in [-0.4, -0.2) is 44.8 Å². The Bertz CT molecular complexity index is 1240. The van der Waals surface area contributed by atoms with Crippen LogP contribution in [0.3, 0.4) is 0 Å². The number of hydrogen-bond donors (Lipinski definition) is 2. The van der Waals surface area contributed by atoms with Crippen molar-refractivity contribution in [3.05, 3.63) is 59.4 Å². The number of amides is 2. The molecule has 0 saturated carbocycles. The molecule has 36 heavy (non-hydrogen) atoms. The summed E-state index contributed by atoms with van der Waals surface area (Å²) in [7, 11) is 3.62. The zero-order chi connectivity index (χ0) is 25.8. The largest absolute Gasteiger partial charge is 0.370 e. The molecular formula is C27H30N6O3. The van der Waals surface area contributed by atoms with Gasteiger partial charge in [-0.2, -0.15) is 5.26 Å². The molecule has 2 heterocycles. The minimum Gasteiger partial charge on any atom is -0.370 e. The van der Waals surface area contributed by atoms with Crippen LogP contribution in [0.1, 0.15) is 42.5 Å². The molecule has 2 aromatic rings. The topological polar surface area (TPSA) is 123 Å². The molecule has 186 valence electrons. The number of carbonyl (C=O) groups is 3. The Morgan fingerprint density at radius 2 is 1.58 bits per heavy atom. The van der Waals surface area contributed by atoms with Crippen molar-refractivity contribution in [2.45, 2.75) is 32.1 Å². The second-order valence-electron chi connectivity index (χ2n) is 9.03. The van der Waals surface area contributed by atoms with E-state index in [0.717, 1.165) is 49.4 Å². The normalized spacial score (nSPS) is 14.8. The molecule has 2 aromatic carbocycles. The highest BCUT2D eigenvalue weighted by Gasteiger charge is 2.31. The van der Waals surface area contributed by atoms with Crippen LogP contribution in [-0.2, 0) is 9.59 Å². The number of nitrogens with one attached hydrogen (secondary N) is 1. The number of nitrogens with two attached hydrogens (primary N) is 1. The van der Waals surface area contributed by atoms with Crippen LogP contribution < -0.4 is 25.8 Å². The van der Waals surface area contributed by atoms with Crippen LogP contribution in [0.2, 0.25) is 0 Å². The van der Waals surface area contributed by atoms with E-state index in [1.54, 1.807) is 18.2 Å². The Morgan fingerprint density at radius 3 is 2.17 bits per heavy atom. The predicted octanol–water partition coefficient (Wildman–Crippen LogP) is 3.38. The van der Waals surface area contributed by atoms with Gasteiger partial charge < -0.3 is 25.8 Å². The second-order valence-corrected chi connectivity index (χ2v) is 9.03. The zero-order valence-electron chi connectivity index (χ0n) is 20.6. The van der Waals surface area contributed by atoms with Gasteiger partial charge in [0.15, 0.2) is 5.78 Å². The van der Waals surface area contributed by atoms with Gasteiger partial charge in [0.1, 0.15) is 17.5 Å². The predicted molar refractivity (Wildman–Crippen MR) is 140 cm³/mol. The maximum atomic E-state index is 13.0. The smallest absolute Gasteiger partial charge is 0.248 e. The fourth-order valence-corrected chi connectivity index (χ4v) is 4.82. The number of ketones is 1. The number of nitrogens with zero attached hydrogens (tertiary/aromatic N) is 4. The number of Topliss-reactive ketones (excluding diaryl/α,β-unsaturated/α-hetero) is 1. The molecule has 2 amide bonds. The Hall–Kier alpha value is -4.32. The van der Waals surface area contributed by atoms with Gasteiger partial charge in [0.2, 0.25) is 11.8 Å². The van der Waals surface area contributed by atoms with E-state index >= 15 is 0 Å². The average molecular weight is 487 g/mol.